The molecule has 1 saturated heterocycles. The smallest absolute Gasteiger partial charge is 0.312 e. The summed E-state index contributed by atoms with van der Waals surface area (Å²) in [4.78, 5) is 29.5. The number of carbonyl (C=O) groups is 2. The Morgan fingerprint density at radius 3 is 2.26 bits per heavy atom. The molecule has 2 aliphatic rings. The Kier molecular flexibility index (Phi) is 7.76. The van der Waals surface area contributed by atoms with Crippen LogP contribution in [0.2, 0.25) is 0 Å². The Labute approximate surface area is 207 Å². The fourth-order valence-corrected chi connectivity index (χ4v) is 4.78. The number of nitrogens with zero attached hydrogens (tertiary/aromatic N) is 4. The van der Waals surface area contributed by atoms with Crippen LogP contribution in [0.15, 0.2) is 70.9 Å². The van der Waals surface area contributed by atoms with Gasteiger partial charge in [-0.15, -0.1) is 0 Å². The highest BCUT2D eigenvalue weighted by Gasteiger charge is 2.40. The number of benzene rings is 2. The van der Waals surface area contributed by atoms with Gasteiger partial charge < -0.3 is 15.5 Å². The van der Waals surface area contributed by atoms with Crippen molar-refractivity contribution in [3.63, 3.8) is 0 Å². The summed E-state index contributed by atoms with van der Waals surface area (Å²) >= 11 is 0. The topological polar surface area (TPSA) is 91.4 Å². The van der Waals surface area contributed by atoms with Gasteiger partial charge >= 0.3 is 11.8 Å². The van der Waals surface area contributed by atoms with Crippen molar-refractivity contribution in [2.75, 3.05) is 19.6 Å². The minimum absolute atomic E-state index is 0.337. The number of hydrogen-bond acceptors (Lipinski definition) is 5. The van der Waals surface area contributed by atoms with Crippen molar-refractivity contribution in [1.29, 1.82) is 0 Å². The van der Waals surface area contributed by atoms with Gasteiger partial charge in [0.1, 0.15) is 0 Å². The molecule has 35 heavy (non-hydrogen) atoms. The van der Waals surface area contributed by atoms with Crippen LogP contribution in [0, 0.1) is 0 Å². The molecule has 184 valence electrons. The number of hydrogen-bond donors (Lipinski definition) is 1. The van der Waals surface area contributed by atoms with E-state index >= 15 is 0 Å². The van der Waals surface area contributed by atoms with Crippen LogP contribution in [0.25, 0.3) is 0 Å². The molecule has 2 aromatic rings. The molecule has 2 N–H and O–H groups in total. The number of carbonyl (C=O) groups excluding carboxylic acids is 2. The average Bonchev–Trinajstić information content (AvgIpc) is 3.36. The molecule has 0 aromatic heterocycles. The van der Waals surface area contributed by atoms with Gasteiger partial charge in [0.15, 0.2) is 0 Å². The normalized spacial score (nSPS) is 18.8. The second-order valence-electron chi connectivity index (χ2n) is 9.74. The Bertz CT molecular complexity index is 1090. The van der Waals surface area contributed by atoms with Gasteiger partial charge in [0.2, 0.25) is 0 Å². The molecule has 2 aliphatic heterocycles. The summed E-state index contributed by atoms with van der Waals surface area (Å²) in [5, 5.41) is 9.02. The van der Waals surface area contributed by atoms with Crippen LogP contribution in [-0.4, -0.2) is 64.3 Å². The third-order valence-corrected chi connectivity index (χ3v) is 6.88. The fraction of sp³-hybridized carbons (Fsp3) is 0.429. The summed E-state index contributed by atoms with van der Waals surface area (Å²) in [6.45, 7) is 5.71. The molecule has 4 rings (SSSR count). The molecule has 0 radical (unpaired) electrons. The quantitative estimate of drug-likeness (QED) is 0.537. The van der Waals surface area contributed by atoms with E-state index in [0.29, 0.717) is 38.9 Å². The van der Waals surface area contributed by atoms with E-state index in [1.54, 1.807) is 9.80 Å². The molecule has 0 bridgehead atoms. The number of amides is 2. The van der Waals surface area contributed by atoms with Crippen molar-refractivity contribution in [3.05, 3.63) is 71.8 Å². The second kappa shape index (κ2) is 11.0. The molecule has 7 heteroatoms. The van der Waals surface area contributed by atoms with Gasteiger partial charge in [-0.1, -0.05) is 74.0 Å². The van der Waals surface area contributed by atoms with E-state index in [9.17, 15) is 9.59 Å². The number of unbranched alkanes of at least 4 members (excludes halogenated alkanes) is 1. The van der Waals surface area contributed by atoms with E-state index in [0.717, 1.165) is 35.4 Å². The number of piperazine rings is 1. The van der Waals surface area contributed by atoms with E-state index in [1.165, 1.54) is 0 Å². The Hall–Kier alpha value is -3.32. The summed E-state index contributed by atoms with van der Waals surface area (Å²) in [6.07, 6.45) is 3.60. The lowest BCUT2D eigenvalue weighted by molar-refractivity contribution is -0.156. The van der Waals surface area contributed by atoms with E-state index < -0.39 is 17.4 Å². The summed E-state index contributed by atoms with van der Waals surface area (Å²) in [7, 11) is 0. The van der Waals surface area contributed by atoms with Crippen molar-refractivity contribution < 1.29 is 9.59 Å². The minimum Gasteiger partial charge on any atom is -0.333 e. The predicted octanol–water partition coefficient (Wildman–Crippen LogP) is 3.23. The van der Waals surface area contributed by atoms with Crippen LogP contribution in [0.1, 0.15) is 44.2 Å². The maximum absolute atomic E-state index is 13.2. The van der Waals surface area contributed by atoms with Gasteiger partial charge in [-0.25, -0.2) is 0 Å². The highest BCUT2D eigenvalue weighted by molar-refractivity contribution is 6.36. The lowest BCUT2D eigenvalue weighted by atomic mass is 9.85. The fourth-order valence-electron chi connectivity index (χ4n) is 4.78. The first-order valence-electron chi connectivity index (χ1n) is 12.5. The van der Waals surface area contributed by atoms with Crippen LogP contribution in [0.4, 0.5) is 0 Å². The molecule has 2 amide bonds. The maximum Gasteiger partial charge on any atom is 0.312 e. The monoisotopic (exact) mass is 473 g/mol. The first-order valence-corrected chi connectivity index (χ1v) is 12.5. The summed E-state index contributed by atoms with van der Waals surface area (Å²) in [5.74, 6) is -0.875. The van der Waals surface area contributed by atoms with Gasteiger partial charge in [-0.2, -0.15) is 10.2 Å². The molecule has 1 unspecified atom stereocenters. The predicted molar refractivity (Wildman–Crippen MR) is 139 cm³/mol. The molecular weight excluding hydrogens is 438 g/mol. The van der Waals surface area contributed by atoms with E-state index in [-0.39, 0.29) is 6.04 Å². The van der Waals surface area contributed by atoms with Crippen LogP contribution in [0.5, 0.6) is 0 Å². The van der Waals surface area contributed by atoms with Gasteiger partial charge in [0.05, 0.1) is 23.0 Å². The summed E-state index contributed by atoms with van der Waals surface area (Å²) in [6, 6.07) is 19.8. The SMILES string of the molecule is CCCCN1CCN(C(Cc2ccccc2)C2=NN=C([C@](C)(N)Cc3ccccc3)C2)C(=O)C1=O. The standard InChI is InChI=1S/C28H35N5O2/c1-3-4-15-32-16-17-33(27(35)26(32)34)24(18-21-11-7-5-8-12-21)23-19-25(31-30-23)28(2,29)20-22-13-9-6-10-14-22/h5-14,24H,3-4,15-20,29H2,1-2H3/t24?,28-/m1/s1. The van der Waals surface area contributed by atoms with Crippen molar-refractivity contribution in [1.82, 2.24) is 9.80 Å². The van der Waals surface area contributed by atoms with Crippen LogP contribution >= 0.6 is 0 Å². The molecule has 2 heterocycles. The molecule has 0 spiro atoms. The Morgan fingerprint density at radius 2 is 1.60 bits per heavy atom. The molecule has 2 atom stereocenters. The molecule has 0 aliphatic carbocycles. The van der Waals surface area contributed by atoms with Crippen molar-refractivity contribution in [3.8, 4) is 0 Å². The first kappa shape index (κ1) is 24.8. The van der Waals surface area contributed by atoms with Crippen molar-refractivity contribution >= 4 is 23.2 Å². The Morgan fingerprint density at radius 1 is 0.943 bits per heavy atom. The third-order valence-electron chi connectivity index (χ3n) is 6.88. The summed E-state index contributed by atoms with van der Waals surface area (Å²) < 4.78 is 0. The van der Waals surface area contributed by atoms with Crippen LogP contribution in [-0.2, 0) is 22.4 Å². The van der Waals surface area contributed by atoms with Crippen LogP contribution < -0.4 is 5.73 Å². The van der Waals surface area contributed by atoms with E-state index in [1.807, 2.05) is 55.5 Å². The number of nitrogens with two attached hydrogens (primary N) is 1. The zero-order chi connectivity index (χ0) is 24.8. The summed E-state index contributed by atoms with van der Waals surface area (Å²) in [5.41, 5.74) is 9.86. The second-order valence-corrected chi connectivity index (χ2v) is 9.74. The van der Waals surface area contributed by atoms with Gasteiger partial charge in [0, 0.05) is 26.1 Å². The minimum atomic E-state index is -0.664. The average molecular weight is 474 g/mol. The van der Waals surface area contributed by atoms with E-state index in [2.05, 4.69) is 29.3 Å². The van der Waals surface area contributed by atoms with Crippen molar-refractivity contribution in [2.24, 2.45) is 15.9 Å². The highest BCUT2D eigenvalue weighted by atomic mass is 16.2. The third kappa shape index (κ3) is 5.85. The van der Waals surface area contributed by atoms with Gasteiger partial charge in [-0.3, -0.25) is 9.59 Å². The first-order chi connectivity index (χ1) is 16.9. The largest absolute Gasteiger partial charge is 0.333 e. The zero-order valence-corrected chi connectivity index (χ0v) is 20.7. The lowest BCUT2D eigenvalue weighted by Crippen LogP contribution is -2.59. The van der Waals surface area contributed by atoms with Gasteiger partial charge in [0.25, 0.3) is 0 Å². The number of rotatable bonds is 10. The molecule has 2 aromatic carbocycles. The zero-order valence-electron chi connectivity index (χ0n) is 20.7. The maximum atomic E-state index is 13.2. The molecule has 0 saturated carbocycles. The van der Waals surface area contributed by atoms with Crippen molar-refractivity contribution in [2.45, 2.75) is 57.5 Å². The van der Waals surface area contributed by atoms with Gasteiger partial charge in [-0.05, 0) is 37.3 Å². The molecule has 1 fully saturated rings. The van der Waals surface area contributed by atoms with Crippen LogP contribution in [0.3, 0.4) is 0 Å². The molecular formula is C28H35N5O2. The van der Waals surface area contributed by atoms with E-state index in [4.69, 9.17) is 5.73 Å². The highest BCUT2D eigenvalue weighted by Crippen LogP contribution is 2.24. The Balaban J connectivity index is 1.52. The molecule has 7 nitrogen and oxygen atoms in total. The lowest BCUT2D eigenvalue weighted by Gasteiger charge is -2.38.